The van der Waals surface area contributed by atoms with Crippen molar-refractivity contribution in [3.63, 3.8) is 0 Å². The van der Waals surface area contributed by atoms with Gasteiger partial charge in [0.05, 0.1) is 21.1 Å². The van der Waals surface area contributed by atoms with Gasteiger partial charge in [0, 0.05) is 0 Å². The first-order valence-electron chi connectivity index (χ1n) is 6.63. The molecule has 0 amide bonds. The molecule has 0 N–H and O–H groups in total. The molecule has 0 saturated heterocycles. The number of nitrogens with zero attached hydrogens (tertiary/aromatic N) is 1. The van der Waals surface area contributed by atoms with E-state index in [1.165, 1.54) is 5.69 Å². The number of hydrogen-bond acceptors (Lipinski definition) is 3. The van der Waals surface area contributed by atoms with E-state index in [0.29, 0.717) is 0 Å². The number of quaternary nitrogens is 1. The predicted octanol–water partition coefficient (Wildman–Crippen LogP) is 3.84. The summed E-state index contributed by atoms with van der Waals surface area (Å²) in [6.45, 7) is 0. The molecule has 0 radical (unpaired) electrons. The van der Waals surface area contributed by atoms with E-state index in [1.54, 1.807) is 0 Å². The van der Waals surface area contributed by atoms with Gasteiger partial charge in [-0.05, 0) is 12.1 Å². The fraction of sp³-hybridized carbons (Fsp3) is 0.538. The molecule has 27 heavy (non-hydrogen) atoms. The summed E-state index contributed by atoms with van der Waals surface area (Å²) in [5.74, 6) is -14.8. The fourth-order valence-electron chi connectivity index (χ4n) is 1.39. The Balaban J connectivity index is 0.000000569. The highest BCUT2D eigenvalue weighted by Crippen LogP contribution is 2.54. The highest BCUT2D eigenvalue weighted by Gasteiger charge is 2.83. The van der Waals surface area contributed by atoms with Crippen LogP contribution in [0.2, 0.25) is 0 Å². The summed E-state index contributed by atoms with van der Waals surface area (Å²) in [6.07, 6.45) is -7.16. The van der Waals surface area contributed by atoms with Crippen LogP contribution in [-0.2, 0) is 10.1 Å². The van der Waals surface area contributed by atoms with Crippen molar-refractivity contribution in [1.29, 1.82) is 0 Å². The molecular weight excluding hydrogens is 421 g/mol. The Kier molecular flexibility index (Phi) is 7.04. The SMILES string of the molecule is C[N+](C)(C)c1ccccc1.O=S(=O)([O-])C(F)(F)C(F)(F)C(F)(F)C(F)(F)F. The second-order valence-electron chi connectivity index (χ2n) is 5.97. The van der Waals surface area contributed by atoms with Crippen LogP contribution in [-0.4, -0.2) is 57.4 Å². The largest absolute Gasteiger partial charge is 0.743 e. The molecule has 0 atom stereocenters. The minimum absolute atomic E-state index is 0.890. The van der Waals surface area contributed by atoms with Crippen molar-refractivity contribution in [3.05, 3.63) is 30.3 Å². The molecule has 1 aromatic rings. The topological polar surface area (TPSA) is 57.2 Å². The second-order valence-corrected chi connectivity index (χ2v) is 7.39. The molecule has 0 fully saturated rings. The van der Waals surface area contributed by atoms with Crippen LogP contribution in [0.4, 0.5) is 45.2 Å². The lowest BCUT2D eigenvalue weighted by Crippen LogP contribution is -2.63. The van der Waals surface area contributed by atoms with Crippen LogP contribution in [0.15, 0.2) is 30.3 Å². The average molecular weight is 435 g/mol. The summed E-state index contributed by atoms with van der Waals surface area (Å²) in [7, 11) is -0.931. The molecule has 158 valence electrons. The summed E-state index contributed by atoms with van der Waals surface area (Å²) < 4.78 is 136. The van der Waals surface area contributed by atoms with E-state index in [9.17, 15) is 52.5 Å². The number of hydrogen-bond donors (Lipinski definition) is 0. The van der Waals surface area contributed by atoms with Gasteiger partial charge in [0.2, 0.25) is 0 Å². The van der Waals surface area contributed by atoms with Crippen molar-refractivity contribution in [2.24, 2.45) is 0 Å². The lowest BCUT2D eigenvalue weighted by Gasteiger charge is -2.34. The van der Waals surface area contributed by atoms with Crippen LogP contribution in [0.25, 0.3) is 0 Å². The molecule has 0 spiro atoms. The van der Waals surface area contributed by atoms with Gasteiger partial charge in [0.1, 0.15) is 5.69 Å². The Morgan fingerprint density at radius 2 is 1.15 bits per heavy atom. The van der Waals surface area contributed by atoms with Crippen molar-refractivity contribution in [2.45, 2.75) is 23.3 Å². The highest BCUT2D eigenvalue weighted by atomic mass is 32.2. The van der Waals surface area contributed by atoms with E-state index >= 15 is 0 Å². The maximum absolute atomic E-state index is 12.2. The number of alkyl halides is 9. The lowest BCUT2D eigenvalue weighted by molar-refractivity contribution is -0.382. The molecule has 0 saturated carbocycles. The van der Waals surface area contributed by atoms with Gasteiger partial charge in [-0.15, -0.1) is 0 Å². The van der Waals surface area contributed by atoms with Gasteiger partial charge in [-0.25, -0.2) is 8.42 Å². The fourth-order valence-corrected chi connectivity index (χ4v) is 1.84. The molecule has 14 heteroatoms. The maximum Gasteiger partial charge on any atom is 0.460 e. The van der Waals surface area contributed by atoms with Crippen molar-refractivity contribution >= 4 is 15.8 Å². The van der Waals surface area contributed by atoms with Crippen LogP contribution in [0.3, 0.4) is 0 Å². The van der Waals surface area contributed by atoms with E-state index in [0.717, 1.165) is 4.48 Å². The lowest BCUT2D eigenvalue weighted by atomic mass is 10.1. The standard InChI is InChI=1S/C9H14N.C4HF9O3S/c1-10(2,3)9-7-5-4-6-8-9;5-1(6,3(9,10)11)2(7,8)4(12,13)17(14,15)16/h4-8H,1-3H3;(H,14,15,16)/q+1;/p-1. The first-order valence-corrected chi connectivity index (χ1v) is 8.04. The Morgan fingerprint density at radius 3 is 1.37 bits per heavy atom. The Morgan fingerprint density at radius 1 is 0.778 bits per heavy atom. The smallest absolute Gasteiger partial charge is 0.460 e. The quantitative estimate of drug-likeness (QED) is 0.410. The zero-order valence-corrected chi connectivity index (χ0v) is 14.7. The van der Waals surface area contributed by atoms with E-state index in [1.807, 2.05) is 6.07 Å². The number of halogens is 9. The Hall–Kier alpha value is -1.54. The average Bonchev–Trinajstić information content (AvgIpc) is 2.45. The third-order valence-corrected chi connectivity index (χ3v) is 3.84. The first kappa shape index (κ1) is 25.5. The van der Waals surface area contributed by atoms with Crippen LogP contribution in [0.5, 0.6) is 0 Å². The Bertz CT molecular complexity index is 726. The molecule has 0 heterocycles. The molecule has 1 rings (SSSR count). The van der Waals surface area contributed by atoms with Gasteiger partial charge in [0.25, 0.3) is 0 Å². The van der Waals surface area contributed by atoms with E-state index in [-0.39, 0.29) is 0 Å². The summed E-state index contributed by atoms with van der Waals surface area (Å²) >= 11 is 0. The van der Waals surface area contributed by atoms with Gasteiger partial charge in [-0.3, -0.25) is 4.48 Å². The molecule has 0 aliphatic carbocycles. The molecule has 0 bridgehead atoms. The van der Waals surface area contributed by atoms with Crippen molar-refractivity contribution in [2.75, 3.05) is 21.1 Å². The third kappa shape index (κ3) is 5.25. The van der Waals surface area contributed by atoms with Crippen LogP contribution >= 0.6 is 0 Å². The molecular formula is C13H14F9NO3S. The van der Waals surface area contributed by atoms with Crippen molar-refractivity contribution in [3.8, 4) is 0 Å². The van der Waals surface area contributed by atoms with Crippen LogP contribution < -0.4 is 4.48 Å². The zero-order chi connectivity index (χ0) is 22.1. The van der Waals surface area contributed by atoms with Gasteiger partial charge in [-0.2, -0.15) is 39.5 Å². The maximum atomic E-state index is 12.2. The normalized spacial score (nSPS) is 14.4. The van der Waals surface area contributed by atoms with E-state index in [4.69, 9.17) is 0 Å². The van der Waals surface area contributed by atoms with Crippen LogP contribution in [0.1, 0.15) is 0 Å². The molecule has 0 aliphatic heterocycles. The third-order valence-electron chi connectivity index (χ3n) is 2.96. The van der Waals surface area contributed by atoms with Crippen LogP contribution in [0, 0.1) is 0 Å². The summed E-state index contributed by atoms with van der Waals surface area (Å²) in [5, 5.41) is -7.11. The monoisotopic (exact) mass is 435 g/mol. The van der Waals surface area contributed by atoms with E-state index in [2.05, 4.69) is 45.4 Å². The number of para-hydroxylation sites is 1. The van der Waals surface area contributed by atoms with Gasteiger partial charge in [-0.1, -0.05) is 18.2 Å². The zero-order valence-electron chi connectivity index (χ0n) is 13.9. The minimum atomic E-state index is -7.43. The van der Waals surface area contributed by atoms with Gasteiger partial charge < -0.3 is 4.55 Å². The van der Waals surface area contributed by atoms with Crippen molar-refractivity contribution < 1.29 is 52.5 Å². The highest BCUT2D eigenvalue weighted by molar-refractivity contribution is 7.86. The Labute approximate surface area is 148 Å². The molecule has 4 nitrogen and oxygen atoms in total. The number of rotatable bonds is 4. The molecule has 0 aromatic heterocycles. The minimum Gasteiger partial charge on any atom is -0.743 e. The molecule has 0 unspecified atom stereocenters. The molecule has 0 aliphatic rings. The van der Waals surface area contributed by atoms with Gasteiger partial charge >= 0.3 is 23.3 Å². The van der Waals surface area contributed by atoms with Gasteiger partial charge in [0.15, 0.2) is 10.1 Å². The summed E-state index contributed by atoms with van der Waals surface area (Å²) in [6, 6.07) is 10.5. The number of benzene rings is 1. The van der Waals surface area contributed by atoms with E-state index < -0.39 is 33.4 Å². The predicted molar refractivity (Wildman–Crippen MR) is 76.6 cm³/mol. The molecule has 1 aromatic carbocycles. The van der Waals surface area contributed by atoms with Crippen molar-refractivity contribution in [1.82, 2.24) is 4.48 Å². The summed E-state index contributed by atoms with van der Waals surface area (Å²) in [4.78, 5) is 0. The second kappa shape index (κ2) is 7.47. The first-order chi connectivity index (χ1) is 11.6. The summed E-state index contributed by atoms with van der Waals surface area (Å²) in [5.41, 5.74) is 1.34.